The van der Waals surface area contributed by atoms with Crippen LogP contribution < -0.4 is 5.32 Å². The van der Waals surface area contributed by atoms with Gasteiger partial charge in [-0.1, -0.05) is 0 Å². The van der Waals surface area contributed by atoms with Crippen LogP contribution in [0.1, 0.15) is 17.3 Å². The van der Waals surface area contributed by atoms with E-state index >= 15 is 0 Å². The molecule has 1 aliphatic heterocycles. The lowest BCUT2D eigenvalue weighted by molar-refractivity contribution is 0.0709. The van der Waals surface area contributed by atoms with Crippen molar-refractivity contribution < 1.29 is 13.2 Å². The number of amides is 1. The summed E-state index contributed by atoms with van der Waals surface area (Å²) in [6.07, 6.45) is 1.13. The van der Waals surface area contributed by atoms with Crippen LogP contribution in [-0.4, -0.2) is 51.2 Å². The Morgan fingerprint density at radius 1 is 1.45 bits per heavy atom. The summed E-state index contributed by atoms with van der Waals surface area (Å²) in [7, 11) is -3.36. The number of halogens is 1. The fraction of sp³-hybridized carbons (Fsp3) is 0.462. The van der Waals surface area contributed by atoms with E-state index in [0.717, 1.165) is 12.8 Å². The molecule has 7 heteroatoms. The molecule has 1 amide bonds. The van der Waals surface area contributed by atoms with Crippen molar-refractivity contribution in [1.82, 2.24) is 10.2 Å². The van der Waals surface area contributed by atoms with E-state index in [1.807, 2.05) is 6.92 Å². The van der Waals surface area contributed by atoms with Gasteiger partial charge in [-0.2, -0.15) is 0 Å². The number of sulfone groups is 1. The van der Waals surface area contributed by atoms with E-state index in [0.29, 0.717) is 23.1 Å². The zero-order valence-corrected chi connectivity index (χ0v) is 13.8. The molecule has 1 saturated heterocycles. The molecule has 0 aliphatic carbocycles. The molecular formula is C13H17BrN2O3S. The minimum Gasteiger partial charge on any atom is -0.336 e. The highest BCUT2D eigenvalue weighted by atomic mass is 79.9. The van der Waals surface area contributed by atoms with Gasteiger partial charge >= 0.3 is 0 Å². The van der Waals surface area contributed by atoms with Gasteiger partial charge in [-0.3, -0.25) is 4.79 Å². The number of benzene rings is 1. The minimum atomic E-state index is -3.36. The van der Waals surface area contributed by atoms with Crippen molar-refractivity contribution in [2.75, 3.05) is 25.9 Å². The quantitative estimate of drug-likeness (QED) is 0.862. The molecule has 0 aromatic heterocycles. The van der Waals surface area contributed by atoms with Crippen LogP contribution in [0.5, 0.6) is 0 Å². The summed E-state index contributed by atoms with van der Waals surface area (Å²) < 4.78 is 23.9. The van der Waals surface area contributed by atoms with Gasteiger partial charge in [0, 0.05) is 42.0 Å². The van der Waals surface area contributed by atoms with Crippen molar-refractivity contribution in [3.05, 3.63) is 28.2 Å². The molecule has 110 valence electrons. The lowest BCUT2D eigenvalue weighted by Gasteiger charge is -2.32. The summed E-state index contributed by atoms with van der Waals surface area (Å²) in [5.74, 6) is -0.129. The second kappa shape index (κ2) is 5.83. The maximum absolute atomic E-state index is 12.4. The molecule has 0 saturated carbocycles. The molecule has 1 aromatic carbocycles. The van der Waals surface area contributed by atoms with E-state index in [4.69, 9.17) is 0 Å². The number of carbonyl (C=O) groups excluding carboxylic acids is 1. The molecule has 1 aromatic rings. The Balaban J connectivity index is 2.31. The highest BCUT2D eigenvalue weighted by molar-refractivity contribution is 9.10. The average Bonchev–Trinajstić information content (AvgIpc) is 2.37. The first-order chi connectivity index (χ1) is 9.29. The SMILES string of the molecule is CC1CN(C(=O)c2ccc(Br)c(S(C)(=O)=O)c2)CCN1. The highest BCUT2D eigenvalue weighted by Crippen LogP contribution is 2.24. The van der Waals surface area contributed by atoms with Gasteiger partial charge in [-0.05, 0) is 41.1 Å². The van der Waals surface area contributed by atoms with Gasteiger partial charge in [0.15, 0.2) is 9.84 Å². The number of nitrogens with zero attached hydrogens (tertiary/aromatic N) is 1. The fourth-order valence-corrected chi connectivity index (χ4v) is 4.11. The molecule has 5 nitrogen and oxygen atoms in total. The molecule has 1 fully saturated rings. The van der Waals surface area contributed by atoms with Gasteiger partial charge in [0.05, 0.1) is 4.90 Å². The van der Waals surface area contributed by atoms with Crippen LogP contribution in [0.25, 0.3) is 0 Å². The Kier molecular flexibility index (Phi) is 4.51. The first-order valence-corrected chi connectivity index (χ1v) is 9.00. The Bertz CT molecular complexity index is 631. The van der Waals surface area contributed by atoms with E-state index in [1.54, 1.807) is 17.0 Å². The van der Waals surface area contributed by atoms with Gasteiger partial charge in [0.1, 0.15) is 0 Å². The average molecular weight is 361 g/mol. The number of rotatable bonds is 2. The first-order valence-electron chi connectivity index (χ1n) is 6.31. The number of hydrogen-bond acceptors (Lipinski definition) is 4. The molecule has 20 heavy (non-hydrogen) atoms. The highest BCUT2D eigenvalue weighted by Gasteiger charge is 2.23. The fourth-order valence-electron chi connectivity index (χ4n) is 2.22. The smallest absolute Gasteiger partial charge is 0.253 e. The first kappa shape index (κ1) is 15.5. The molecule has 0 spiro atoms. The third-order valence-corrected chi connectivity index (χ3v) is 5.32. The van der Waals surface area contributed by atoms with E-state index in [9.17, 15) is 13.2 Å². The van der Waals surface area contributed by atoms with Gasteiger partial charge in [-0.25, -0.2) is 8.42 Å². The number of hydrogen-bond donors (Lipinski definition) is 1. The zero-order valence-electron chi connectivity index (χ0n) is 11.4. The van der Waals surface area contributed by atoms with Crippen molar-refractivity contribution in [1.29, 1.82) is 0 Å². The number of piperazine rings is 1. The van der Waals surface area contributed by atoms with Crippen LogP contribution in [0.3, 0.4) is 0 Å². The summed E-state index contributed by atoms with van der Waals surface area (Å²) in [4.78, 5) is 14.3. The lowest BCUT2D eigenvalue weighted by atomic mass is 10.1. The van der Waals surface area contributed by atoms with Crippen LogP contribution in [0.2, 0.25) is 0 Å². The van der Waals surface area contributed by atoms with Crippen molar-refractivity contribution in [3.63, 3.8) is 0 Å². The van der Waals surface area contributed by atoms with Crippen LogP contribution >= 0.6 is 15.9 Å². The molecule has 2 rings (SSSR count). The molecule has 0 radical (unpaired) electrons. The van der Waals surface area contributed by atoms with Gasteiger partial charge < -0.3 is 10.2 Å². The molecule has 1 N–H and O–H groups in total. The van der Waals surface area contributed by atoms with Gasteiger partial charge in [0.25, 0.3) is 5.91 Å². The van der Waals surface area contributed by atoms with Crippen molar-refractivity contribution in [2.45, 2.75) is 17.9 Å². The summed E-state index contributed by atoms with van der Waals surface area (Å²) in [6.45, 7) is 4.03. The maximum atomic E-state index is 12.4. The lowest BCUT2D eigenvalue weighted by Crippen LogP contribution is -2.51. The van der Waals surface area contributed by atoms with Gasteiger partial charge in [0.2, 0.25) is 0 Å². The van der Waals surface area contributed by atoms with E-state index in [-0.39, 0.29) is 16.8 Å². The van der Waals surface area contributed by atoms with Crippen LogP contribution in [0.15, 0.2) is 27.6 Å². The molecule has 1 atom stereocenters. The maximum Gasteiger partial charge on any atom is 0.253 e. The third kappa shape index (κ3) is 3.39. The summed E-state index contributed by atoms with van der Waals surface area (Å²) in [5, 5.41) is 3.27. The van der Waals surface area contributed by atoms with E-state index in [2.05, 4.69) is 21.2 Å². The Morgan fingerprint density at radius 2 is 2.15 bits per heavy atom. The van der Waals surface area contributed by atoms with Crippen LogP contribution in [0.4, 0.5) is 0 Å². The standard InChI is InChI=1S/C13H17BrN2O3S/c1-9-8-16(6-5-15-9)13(17)10-3-4-11(14)12(7-10)20(2,18)19/h3-4,7,9,15H,5-6,8H2,1-2H3. The van der Waals surface area contributed by atoms with E-state index < -0.39 is 9.84 Å². The number of carbonyl (C=O) groups is 1. The molecule has 0 bridgehead atoms. The number of nitrogens with one attached hydrogen (secondary N) is 1. The Morgan fingerprint density at radius 3 is 2.75 bits per heavy atom. The summed E-state index contributed by atoms with van der Waals surface area (Å²) in [6, 6.07) is 4.94. The van der Waals surface area contributed by atoms with Crippen molar-refractivity contribution in [3.8, 4) is 0 Å². The summed E-state index contributed by atoms with van der Waals surface area (Å²) >= 11 is 3.21. The Hall–Kier alpha value is -0.920. The topological polar surface area (TPSA) is 66.5 Å². The predicted molar refractivity (Wildman–Crippen MR) is 80.6 cm³/mol. The van der Waals surface area contributed by atoms with E-state index in [1.165, 1.54) is 6.07 Å². The monoisotopic (exact) mass is 360 g/mol. The minimum absolute atomic E-state index is 0.129. The normalized spacial score (nSPS) is 19.9. The third-order valence-electron chi connectivity index (χ3n) is 3.23. The molecule has 1 unspecified atom stereocenters. The van der Waals surface area contributed by atoms with Gasteiger partial charge in [-0.15, -0.1) is 0 Å². The van der Waals surface area contributed by atoms with Crippen molar-refractivity contribution >= 4 is 31.7 Å². The zero-order chi connectivity index (χ0) is 14.9. The second-order valence-corrected chi connectivity index (χ2v) is 7.86. The van der Waals surface area contributed by atoms with Crippen LogP contribution in [0, 0.1) is 0 Å². The predicted octanol–water partition coefficient (Wildman–Crippen LogP) is 1.29. The molecule has 1 aliphatic rings. The Labute approximate surface area is 127 Å². The molecular weight excluding hydrogens is 344 g/mol. The summed E-state index contributed by atoms with van der Waals surface area (Å²) in [5.41, 5.74) is 0.405. The van der Waals surface area contributed by atoms with Crippen molar-refractivity contribution in [2.24, 2.45) is 0 Å². The molecule has 1 heterocycles. The second-order valence-electron chi connectivity index (χ2n) is 5.02. The van der Waals surface area contributed by atoms with Crippen LogP contribution in [-0.2, 0) is 9.84 Å². The largest absolute Gasteiger partial charge is 0.336 e.